The van der Waals surface area contributed by atoms with Crippen LogP contribution in [0, 0.1) is 26.6 Å². The van der Waals surface area contributed by atoms with E-state index in [1.165, 1.54) is 47.1 Å². The molecule has 0 radical (unpaired) electrons. The lowest BCUT2D eigenvalue weighted by Gasteiger charge is -2.13. The van der Waals surface area contributed by atoms with Crippen LogP contribution in [0.2, 0.25) is 0 Å². The molecule has 0 aliphatic carbocycles. The first-order chi connectivity index (χ1) is 14.4. The van der Waals surface area contributed by atoms with E-state index in [1.807, 2.05) is 26.2 Å². The molecule has 7 heteroatoms. The van der Waals surface area contributed by atoms with Crippen molar-refractivity contribution >= 4 is 44.9 Å². The average Bonchev–Trinajstić information content (AvgIpc) is 3.14. The number of carbonyl (C=O) groups is 1. The van der Waals surface area contributed by atoms with E-state index >= 15 is 0 Å². The summed E-state index contributed by atoms with van der Waals surface area (Å²) in [4.78, 5) is 22.2. The molecule has 4 aromatic rings. The Morgan fingerprint density at radius 3 is 2.50 bits per heavy atom. The Kier molecular flexibility index (Phi) is 5.83. The number of rotatable bonds is 5. The van der Waals surface area contributed by atoms with Crippen molar-refractivity contribution in [3.05, 3.63) is 70.6 Å². The summed E-state index contributed by atoms with van der Waals surface area (Å²) in [5.41, 5.74) is 5.98. The van der Waals surface area contributed by atoms with Crippen LogP contribution in [0.25, 0.3) is 21.3 Å². The smallest absolute Gasteiger partial charge is 0.234 e. The number of hydrogen-bond donors (Lipinski definition) is 1. The number of aromatic nitrogens is 2. The number of carbonyl (C=O) groups excluding carboxylic acids is 1. The molecule has 0 aliphatic heterocycles. The molecular formula is C23H20FN3OS2. The molecule has 4 rings (SSSR count). The summed E-state index contributed by atoms with van der Waals surface area (Å²) in [5.74, 6) is -0.125. The maximum absolute atomic E-state index is 13.3. The lowest BCUT2D eigenvalue weighted by Crippen LogP contribution is -2.16. The molecule has 0 spiro atoms. The van der Waals surface area contributed by atoms with Crippen molar-refractivity contribution in [3.8, 4) is 11.1 Å². The van der Waals surface area contributed by atoms with Gasteiger partial charge in [0.15, 0.2) is 0 Å². The minimum Gasteiger partial charge on any atom is -0.325 e. The standard InChI is InChI=1S/C23H20FN3OS2/c1-13-8-14(2)21(15(3)9-13)27-19(28)11-30-23-20-18(10-29-22(20)25-12-26-23)16-4-6-17(24)7-5-16/h4-10,12H,11H2,1-3H3,(H,27,28). The third-order valence-electron chi connectivity index (χ3n) is 4.77. The van der Waals surface area contributed by atoms with E-state index in [0.29, 0.717) is 0 Å². The molecule has 2 aromatic carbocycles. The van der Waals surface area contributed by atoms with Crippen molar-refractivity contribution in [2.24, 2.45) is 0 Å². The van der Waals surface area contributed by atoms with Crippen LogP contribution in [-0.4, -0.2) is 21.6 Å². The van der Waals surface area contributed by atoms with Crippen molar-refractivity contribution in [1.82, 2.24) is 9.97 Å². The summed E-state index contributed by atoms with van der Waals surface area (Å²) in [6, 6.07) is 10.5. The average molecular weight is 438 g/mol. The van der Waals surface area contributed by atoms with Gasteiger partial charge in [-0.2, -0.15) is 0 Å². The number of nitrogens with one attached hydrogen (secondary N) is 1. The molecule has 2 heterocycles. The van der Waals surface area contributed by atoms with Crippen LogP contribution in [0.5, 0.6) is 0 Å². The van der Waals surface area contributed by atoms with E-state index in [-0.39, 0.29) is 17.5 Å². The highest BCUT2D eigenvalue weighted by molar-refractivity contribution is 8.00. The van der Waals surface area contributed by atoms with E-state index < -0.39 is 0 Å². The highest BCUT2D eigenvalue weighted by atomic mass is 32.2. The Labute approximate surface area is 182 Å². The normalized spacial score (nSPS) is 11.1. The van der Waals surface area contributed by atoms with Gasteiger partial charge in [-0.15, -0.1) is 11.3 Å². The predicted molar refractivity (Wildman–Crippen MR) is 123 cm³/mol. The first-order valence-corrected chi connectivity index (χ1v) is 11.3. The zero-order valence-electron chi connectivity index (χ0n) is 16.8. The lowest BCUT2D eigenvalue weighted by atomic mass is 10.1. The van der Waals surface area contributed by atoms with Gasteiger partial charge >= 0.3 is 0 Å². The molecule has 1 amide bonds. The molecule has 0 aliphatic rings. The fourth-order valence-electron chi connectivity index (χ4n) is 3.49. The highest BCUT2D eigenvalue weighted by Gasteiger charge is 2.15. The lowest BCUT2D eigenvalue weighted by molar-refractivity contribution is -0.113. The molecule has 1 N–H and O–H groups in total. The van der Waals surface area contributed by atoms with Crippen LogP contribution < -0.4 is 5.32 Å². The molecule has 0 saturated heterocycles. The van der Waals surface area contributed by atoms with Crippen LogP contribution >= 0.6 is 23.1 Å². The van der Waals surface area contributed by atoms with Crippen molar-refractivity contribution in [1.29, 1.82) is 0 Å². The molecule has 152 valence electrons. The monoisotopic (exact) mass is 437 g/mol. The second-order valence-electron chi connectivity index (χ2n) is 7.13. The van der Waals surface area contributed by atoms with Crippen molar-refractivity contribution < 1.29 is 9.18 Å². The number of aryl methyl sites for hydroxylation is 3. The van der Waals surface area contributed by atoms with E-state index in [1.54, 1.807) is 12.1 Å². The maximum Gasteiger partial charge on any atom is 0.234 e. The van der Waals surface area contributed by atoms with Gasteiger partial charge in [0.25, 0.3) is 0 Å². The fraction of sp³-hybridized carbons (Fsp3) is 0.174. The van der Waals surface area contributed by atoms with Crippen molar-refractivity contribution in [2.75, 3.05) is 11.1 Å². The molecule has 0 atom stereocenters. The van der Waals surface area contributed by atoms with Gasteiger partial charge in [0.1, 0.15) is 22.0 Å². The van der Waals surface area contributed by atoms with Gasteiger partial charge in [-0.1, -0.05) is 41.6 Å². The number of hydrogen-bond acceptors (Lipinski definition) is 5. The van der Waals surface area contributed by atoms with E-state index in [9.17, 15) is 9.18 Å². The third kappa shape index (κ3) is 4.22. The molecule has 0 bridgehead atoms. The van der Waals surface area contributed by atoms with Gasteiger partial charge in [0.05, 0.1) is 11.1 Å². The molecule has 0 saturated carbocycles. The van der Waals surface area contributed by atoms with E-state index in [0.717, 1.165) is 43.2 Å². The summed E-state index contributed by atoms with van der Waals surface area (Å²) < 4.78 is 13.3. The van der Waals surface area contributed by atoms with Crippen LogP contribution in [0.1, 0.15) is 16.7 Å². The van der Waals surface area contributed by atoms with E-state index in [2.05, 4.69) is 27.4 Å². The molecular weight excluding hydrogens is 417 g/mol. The minimum atomic E-state index is -0.275. The second-order valence-corrected chi connectivity index (χ2v) is 8.95. The largest absolute Gasteiger partial charge is 0.325 e. The SMILES string of the molecule is Cc1cc(C)c(NC(=O)CSc2ncnc3scc(-c4ccc(F)cc4)c23)c(C)c1. The number of nitrogens with zero attached hydrogens (tertiary/aromatic N) is 2. The Bertz CT molecular complexity index is 1210. The molecule has 0 unspecified atom stereocenters. The van der Waals surface area contributed by atoms with Gasteiger partial charge in [-0.3, -0.25) is 4.79 Å². The number of anilines is 1. The van der Waals surface area contributed by atoms with Crippen LogP contribution in [-0.2, 0) is 4.79 Å². The topological polar surface area (TPSA) is 54.9 Å². The summed E-state index contributed by atoms with van der Waals surface area (Å²) >= 11 is 2.89. The van der Waals surface area contributed by atoms with E-state index in [4.69, 9.17) is 0 Å². The number of fused-ring (bicyclic) bond motifs is 1. The predicted octanol–water partition coefficient (Wildman–Crippen LogP) is 6.15. The van der Waals surface area contributed by atoms with Gasteiger partial charge in [-0.25, -0.2) is 14.4 Å². The quantitative estimate of drug-likeness (QED) is 0.300. The molecule has 4 nitrogen and oxygen atoms in total. The summed E-state index contributed by atoms with van der Waals surface area (Å²) in [6.07, 6.45) is 1.52. The van der Waals surface area contributed by atoms with Gasteiger partial charge in [-0.05, 0) is 49.6 Å². The minimum absolute atomic E-state index is 0.0830. The molecule has 2 aromatic heterocycles. The number of halogens is 1. The summed E-state index contributed by atoms with van der Waals surface area (Å²) in [7, 11) is 0. The molecule has 0 fully saturated rings. The Balaban J connectivity index is 1.57. The summed E-state index contributed by atoms with van der Waals surface area (Å²) in [5, 5.41) is 6.67. The summed E-state index contributed by atoms with van der Waals surface area (Å²) in [6.45, 7) is 6.04. The van der Waals surface area contributed by atoms with Crippen LogP contribution in [0.3, 0.4) is 0 Å². The van der Waals surface area contributed by atoms with Crippen molar-refractivity contribution in [3.63, 3.8) is 0 Å². The fourth-order valence-corrected chi connectivity index (χ4v) is 5.28. The first-order valence-electron chi connectivity index (χ1n) is 9.41. The first kappa shape index (κ1) is 20.5. The van der Waals surface area contributed by atoms with Crippen molar-refractivity contribution in [2.45, 2.75) is 25.8 Å². The number of thioether (sulfide) groups is 1. The Morgan fingerprint density at radius 2 is 1.80 bits per heavy atom. The van der Waals surface area contributed by atoms with Crippen LogP contribution in [0.4, 0.5) is 10.1 Å². The number of benzene rings is 2. The zero-order valence-corrected chi connectivity index (χ0v) is 18.5. The maximum atomic E-state index is 13.3. The third-order valence-corrected chi connectivity index (χ3v) is 6.65. The Morgan fingerprint density at radius 1 is 1.10 bits per heavy atom. The Hall–Kier alpha value is -2.77. The van der Waals surface area contributed by atoms with Crippen LogP contribution in [0.15, 0.2) is 53.1 Å². The molecule has 30 heavy (non-hydrogen) atoms. The van der Waals surface area contributed by atoms with Gasteiger partial charge in [0, 0.05) is 16.6 Å². The highest BCUT2D eigenvalue weighted by Crippen LogP contribution is 2.38. The zero-order chi connectivity index (χ0) is 21.3. The second kappa shape index (κ2) is 8.53. The van der Waals surface area contributed by atoms with Gasteiger partial charge < -0.3 is 5.32 Å². The number of thiophene rings is 1. The number of amides is 1. The van der Waals surface area contributed by atoms with Gasteiger partial charge in [0.2, 0.25) is 5.91 Å².